The molecule has 9 heteroatoms. The number of benzene rings is 4. The summed E-state index contributed by atoms with van der Waals surface area (Å²) in [6.07, 6.45) is -4.51. The highest BCUT2D eigenvalue weighted by atomic mass is 79.9. The summed E-state index contributed by atoms with van der Waals surface area (Å²) in [4.78, 5) is 24.7. The third-order valence-electron chi connectivity index (χ3n) is 5.28. The van der Waals surface area contributed by atoms with Gasteiger partial charge < -0.3 is 15.4 Å². The third-order valence-corrected chi connectivity index (χ3v) is 5.90. The first-order valence-electron chi connectivity index (χ1n) is 11.1. The molecule has 0 aromatic heterocycles. The number of ether oxygens (including phenoxy) is 1. The number of hydrogen-bond acceptors (Lipinski definition) is 3. The molecule has 2 amide bonds. The number of amides is 2. The lowest BCUT2D eigenvalue weighted by Crippen LogP contribution is -2.20. The highest BCUT2D eigenvalue weighted by Gasteiger charge is 2.30. The summed E-state index contributed by atoms with van der Waals surface area (Å²) >= 11 is 3.47. The molecule has 0 aliphatic heterocycles. The molecule has 0 unspecified atom stereocenters. The van der Waals surface area contributed by atoms with E-state index in [1.807, 2.05) is 42.5 Å². The van der Waals surface area contributed by atoms with Crippen LogP contribution < -0.4 is 15.4 Å². The van der Waals surface area contributed by atoms with Crippen LogP contribution in [0, 0.1) is 0 Å². The van der Waals surface area contributed by atoms with Gasteiger partial charge in [0.2, 0.25) is 0 Å². The van der Waals surface area contributed by atoms with Crippen molar-refractivity contribution in [3.05, 3.63) is 113 Å². The van der Waals surface area contributed by atoms with Crippen LogP contribution in [0.2, 0.25) is 0 Å². The zero-order chi connectivity index (χ0) is 26.4. The second kappa shape index (κ2) is 11.3. The fourth-order valence-corrected chi connectivity index (χ4v) is 3.94. The van der Waals surface area contributed by atoms with E-state index in [-0.39, 0.29) is 17.9 Å². The molecule has 2 N–H and O–H groups in total. The molecule has 0 saturated heterocycles. The quantitative estimate of drug-likeness (QED) is 0.244. The van der Waals surface area contributed by atoms with E-state index in [0.29, 0.717) is 15.9 Å². The molecule has 4 aromatic rings. The van der Waals surface area contributed by atoms with Gasteiger partial charge >= 0.3 is 6.18 Å². The predicted molar refractivity (Wildman–Crippen MR) is 140 cm³/mol. The SMILES string of the molecule is O=C(COc1ccc(-c2ccccc2)cc1Br)Nc1ccc(C(=O)Nc2cccc(C(F)(F)F)c2)cc1. The lowest BCUT2D eigenvalue weighted by molar-refractivity contribution is -0.137. The first-order valence-corrected chi connectivity index (χ1v) is 11.8. The van der Waals surface area contributed by atoms with Crippen LogP contribution in [0.1, 0.15) is 15.9 Å². The van der Waals surface area contributed by atoms with Gasteiger partial charge in [0.25, 0.3) is 11.8 Å². The monoisotopic (exact) mass is 568 g/mol. The molecule has 0 bridgehead atoms. The molecule has 4 aromatic carbocycles. The maximum Gasteiger partial charge on any atom is 0.416 e. The summed E-state index contributed by atoms with van der Waals surface area (Å²) in [7, 11) is 0. The van der Waals surface area contributed by atoms with Gasteiger partial charge in [0, 0.05) is 16.9 Å². The van der Waals surface area contributed by atoms with Crippen molar-refractivity contribution >= 4 is 39.1 Å². The Kier molecular flexibility index (Phi) is 7.93. The lowest BCUT2D eigenvalue weighted by atomic mass is 10.1. The molecule has 0 spiro atoms. The molecule has 4 rings (SSSR count). The third kappa shape index (κ3) is 6.98. The van der Waals surface area contributed by atoms with Crippen LogP contribution in [0.15, 0.2) is 102 Å². The Morgan fingerprint density at radius 1 is 0.757 bits per heavy atom. The van der Waals surface area contributed by atoms with Crippen molar-refractivity contribution < 1.29 is 27.5 Å². The summed E-state index contributed by atoms with van der Waals surface area (Å²) in [6.45, 7) is -0.235. The number of anilines is 2. The predicted octanol–water partition coefficient (Wildman–Crippen LogP) is 7.40. The Bertz CT molecular complexity index is 1410. The average Bonchev–Trinajstić information content (AvgIpc) is 2.88. The van der Waals surface area contributed by atoms with Crippen LogP contribution in [0.4, 0.5) is 24.5 Å². The van der Waals surface area contributed by atoms with E-state index in [0.717, 1.165) is 23.3 Å². The Balaban J connectivity index is 1.31. The van der Waals surface area contributed by atoms with E-state index in [1.165, 1.54) is 36.4 Å². The zero-order valence-electron chi connectivity index (χ0n) is 19.2. The molecule has 0 saturated carbocycles. The van der Waals surface area contributed by atoms with Gasteiger partial charge in [-0.15, -0.1) is 0 Å². The number of alkyl halides is 3. The summed E-state index contributed by atoms with van der Waals surface area (Å²) in [5.41, 5.74) is 1.87. The number of carbonyl (C=O) groups excluding carboxylic acids is 2. The van der Waals surface area contributed by atoms with Crippen molar-refractivity contribution in [2.45, 2.75) is 6.18 Å². The van der Waals surface area contributed by atoms with Crippen LogP contribution >= 0.6 is 15.9 Å². The van der Waals surface area contributed by atoms with Gasteiger partial charge in [0.05, 0.1) is 10.0 Å². The van der Waals surface area contributed by atoms with Gasteiger partial charge in [0.15, 0.2) is 6.61 Å². The van der Waals surface area contributed by atoms with E-state index in [4.69, 9.17) is 4.74 Å². The van der Waals surface area contributed by atoms with E-state index in [2.05, 4.69) is 26.6 Å². The second-order valence-electron chi connectivity index (χ2n) is 7.96. The normalized spacial score (nSPS) is 11.0. The van der Waals surface area contributed by atoms with E-state index in [1.54, 1.807) is 6.07 Å². The molecule has 0 atom stereocenters. The maximum atomic E-state index is 12.9. The first-order chi connectivity index (χ1) is 17.7. The van der Waals surface area contributed by atoms with Gasteiger partial charge in [-0.2, -0.15) is 13.2 Å². The van der Waals surface area contributed by atoms with Gasteiger partial charge in [-0.1, -0.05) is 42.5 Å². The van der Waals surface area contributed by atoms with Crippen molar-refractivity contribution in [3.8, 4) is 16.9 Å². The van der Waals surface area contributed by atoms with Crippen molar-refractivity contribution in [2.24, 2.45) is 0 Å². The van der Waals surface area contributed by atoms with Crippen molar-refractivity contribution in [3.63, 3.8) is 0 Å². The second-order valence-corrected chi connectivity index (χ2v) is 8.81. The number of rotatable bonds is 7. The minimum atomic E-state index is -4.51. The zero-order valence-corrected chi connectivity index (χ0v) is 20.8. The van der Waals surface area contributed by atoms with Crippen molar-refractivity contribution in [1.82, 2.24) is 0 Å². The molecule has 188 valence electrons. The standard InChI is InChI=1S/C28H20BrF3N2O3/c29-24-15-20(18-5-2-1-3-6-18)11-14-25(24)37-17-26(35)33-22-12-9-19(10-13-22)27(36)34-23-8-4-7-21(16-23)28(30,31)32/h1-16H,17H2,(H,33,35)(H,34,36). The molecule has 37 heavy (non-hydrogen) atoms. The van der Waals surface area contributed by atoms with Crippen LogP contribution in [-0.2, 0) is 11.0 Å². The molecular formula is C28H20BrF3N2O3. The number of halogens is 4. The molecule has 0 fully saturated rings. The van der Waals surface area contributed by atoms with Gasteiger partial charge in [-0.25, -0.2) is 0 Å². The van der Waals surface area contributed by atoms with Crippen LogP contribution in [0.3, 0.4) is 0 Å². The molecule has 5 nitrogen and oxygen atoms in total. The Morgan fingerprint density at radius 2 is 1.49 bits per heavy atom. The van der Waals surface area contributed by atoms with Gasteiger partial charge in [-0.05, 0) is 81.7 Å². The molecule has 0 aliphatic rings. The average molecular weight is 569 g/mol. The van der Waals surface area contributed by atoms with Crippen molar-refractivity contribution in [2.75, 3.05) is 17.2 Å². The van der Waals surface area contributed by atoms with Crippen LogP contribution in [0.25, 0.3) is 11.1 Å². The van der Waals surface area contributed by atoms with E-state index >= 15 is 0 Å². The summed E-state index contributed by atoms with van der Waals surface area (Å²) in [5, 5.41) is 5.11. The first kappa shape index (κ1) is 26.0. The fourth-order valence-electron chi connectivity index (χ4n) is 3.45. The fraction of sp³-hybridized carbons (Fsp3) is 0.0714. The van der Waals surface area contributed by atoms with Crippen molar-refractivity contribution in [1.29, 1.82) is 0 Å². The molecule has 0 heterocycles. The number of hydrogen-bond donors (Lipinski definition) is 2. The van der Waals surface area contributed by atoms with E-state index < -0.39 is 23.6 Å². The number of carbonyl (C=O) groups is 2. The summed E-state index contributed by atoms with van der Waals surface area (Å²) in [6, 6.07) is 25.7. The van der Waals surface area contributed by atoms with Gasteiger partial charge in [0.1, 0.15) is 5.75 Å². The van der Waals surface area contributed by atoms with Crippen LogP contribution in [0.5, 0.6) is 5.75 Å². The molecule has 0 radical (unpaired) electrons. The topological polar surface area (TPSA) is 67.4 Å². The van der Waals surface area contributed by atoms with E-state index in [9.17, 15) is 22.8 Å². The Labute approximate surface area is 219 Å². The van der Waals surface area contributed by atoms with Crippen LogP contribution in [-0.4, -0.2) is 18.4 Å². The molecule has 0 aliphatic carbocycles. The smallest absolute Gasteiger partial charge is 0.416 e. The lowest BCUT2D eigenvalue weighted by Gasteiger charge is -2.11. The highest BCUT2D eigenvalue weighted by molar-refractivity contribution is 9.10. The summed E-state index contributed by atoms with van der Waals surface area (Å²) < 4.78 is 44.9. The summed E-state index contributed by atoms with van der Waals surface area (Å²) in [5.74, 6) is -0.471. The Hall–Kier alpha value is -4.11. The minimum Gasteiger partial charge on any atom is -0.483 e. The maximum absolute atomic E-state index is 12.9. The largest absolute Gasteiger partial charge is 0.483 e. The van der Waals surface area contributed by atoms with Gasteiger partial charge in [-0.3, -0.25) is 9.59 Å². The highest BCUT2D eigenvalue weighted by Crippen LogP contribution is 2.32. The Morgan fingerprint density at radius 3 is 2.16 bits per heavy atom. The minimum absolute atomic E-state index is 0.0253. The number of nitrogens with one attached hydrogen (secondary N) is 2. The molecular weight excluding hydrogens is 549 g/mol.